The second kappa shape index (κ2) is 14.1. The van der Waals surface area contributed by atoms with Gasteiger partial charge in [0.25, 0.3) is 0 Å². The molecule has 0 radical (unpaired) electrons. The molecule has 1 aromatic heterocycles. The quantitative estimate of drug-likeness (QED) is 0.175. The molecule has 0 bridgehead atoms. The molecule has 1 spiro atoms. The summed E-state index contributed by atoms with van der Waals surface area (Å²) in [5.41, 5.74) is 25.6. The molecule has 3 aliphatic rings. The zero-order valence-corrected chi connectivity index (χ0v) is 40.3. The maximum atomic E-state index is 6.60. The summed E-state index contributed by atoms with van der Waals surface area (Å²) >= 11 is 0. The van der Waals surface area contributed by atoms with Crippen LogP contribution in [-0.4, -0.2) is 0 Å². The fraction of sp³-hybridized carbons (Fsp3) is 0.182. The van der Waals surface area contributed by atoms with Crippen LogP contribution >= 0.6 is 0 Å². The molecule has 9 aromatic carbocycles. The summed E-state index contributed by atoms with van der Waals surface area (Å²) < 4.78 is 6.60. The van der Waals surface area contributed by atoms with Gasteiger partial charge in [-0.1, -0.05) is 195 Å². The Hall–Kier alpha value is -7.42. The Bertz CT molecular complexity index is 3670. The number of nitrogens with zero attached hydrogens (tertiary/aromatic N) is 1. The fourth-order valence-electron chi connectivity index (χ4n) is 12.4. The van der Waals surface area contributed by atoms with Crippen molar-refractivity contribution in [2.45, 2.75) is 77.0 Å². The van der Waals surface area contributed by atoms with E-state index in [2.05, 4.69) is 242 Å². The highest BCUT2D eigenvalue weighted by Crippen LogP contribution is 2.64. The Balaban J connectivity index is 1.04. The van der Waals surface area contributed by atoms with Crippen molar-refractivity contribution >= 4 is 39.0 Å². The van der Waals surface area contributed by atoms with Gasteiger partial charge in [-0.05, 0) is 142 Å². The lowest BCUT2D eigenvalue weighted by molar-refractivity contribution is 0.586. The predicted molar refractivity (Wildman–Crippen MR) is 285 cm³/mol. The molecular weight excluding hydrogens is 823 g/mol. The Morgan fingerprint density at radius 1 is 0.368 bits per heavy atom. The SMILES string of the molecule is CC(C)(C)c1ccc2c(c1)C1(c3ccccc3-c3ccc(N(c4ccc(-c5cccc6c5C(C)(C)c5ccccc5-6)cc4)c4ccc5c(c4)oc4ccccc45)cc31)c1cc(C(C)(C)C)ccc1-2. The molecule has 2 nitrogen and oxygen atoms in total. The summed E-state index contributed by atoms with van der Waals surface area (Å²) in [6, 6.07) is 71.2. The molecule has 2 heteroatoms. The van der Waals surface area contributed by atoms with E-state index >= 15 is 0 Å². The average Bonchev–Trinajstić information content (AvgIpc) is 4.02. The van der Waals surface area contributed by atoms with E-state index < -0.39 is 5.41 Å². The van der Waals surface area contributed by atoms with Crippen LogP contribution in [0.2, 0.25) is 0 Å². The third kappa shape index (κ3) is 5.64. The number of hydrogen-bond acceptors (Lipinski definition) is 2. The second-order valence-electron chi connectivity index (χ2n) is 22.1. The van der Waals surface area contributed by atoms with E-state index in [1.54, 1.807) is 0 Å². The highest BCUT2D eigenvalue weighted by atomic mass is 16.3. The number of hydrogen-bond donors (Lipinski definition) is 0. The van der Waals surface area contributed by atoms with Crippen molar-refractivity contribution < 1.29 is 4.42 Å². The van der Waals surface area contributed by atoms with Gasteiger partial charge in [-0.25, -0.2) is 0 Å². The van der Waals surface area contributed by atoms with E-state index in [1.807, 2.05) is 6.07 Å². The normalized spacial score (nSPS) is 14.7. The molecule has 1 heterocycles. The van der Waals surface area contributed by atoms with Gasteiger partial charge in [-0.15, -0.1) is 0 Å². The van der Waals surface area contributed by atoms with Gasteiger partial charge in [0.2, 0.25) is 0 Å². The Labute approximate surface area is 400 Å². The number of rotatable bonds is 4. The first-order valence-electron chi connectivity index (χ1n) is 24.3. The van der Waals surface area contributed by atoms with E-state index in [0.29, 0.717) is 0 Å². The standard InChI is InChI=1S/C66H55NO/c1-63(2,3)41-26-32-49-50-33-27-42(64(4,5)6)37-58(50)66(57(49)36-41)56-22-13-10-16-47(56)51-34-30-44(38-59(51)66)67(45-31-35-53-52-18-11-14-23-60(52)68-61(53)39-45)43-28-24-40(25-29-43)46-19-15-20-54-48-17-9-12-21-55(48)65(7,8)62(46)54/h9-39H,1-8H3. The van der Waals surface area contributed by atoms with Gasteiger partial charge in [0.1, 0.15) is 11.2 Å². The summed E-state index contributed by atoms with van der Waals surface area (Å²) in [5.74, 6) is 0. The van der Waals surface area contributed by atoms with Gasteiger partial charge < -0.3 is 9.32 Å². The zero-order chi connectivity index (χ0) is 46.5. The van der Waals surface area contributed by atoms with Crippen LogP contribution in [0.3, 0.4) is 0 Å². The molecule has 0 N–H and O–H groups in total. The van der Waals surface area contributed by atoms with E-state index in [0.717, 1.165) is 39.0 Å². The third-order valence-electron chi connectivity index (χ3n) is 15.8. The molecule has 3 aliphatic carbocycles. The topological polar surface area (TPSA) is 16.4 Å². The number of benzene rings is 9. The summed E-state index contributed by atoms with van der Waals surface area (Å²) in [5, 5.41) is 2.25. The molecule has 0 saturated heterocycles. The largest absolute Gasteiger partial charge is 0.456 e. The highest BCUT2D eigenvalue weighted by Gasteiger charge is 2.52. The number of furan rings is 1. The van der Waals surface area contributed by atoms with E-state index in [-0.39, 0.29) is 16.2 Å². The molecule has 0 amide bonds. The van der Waals surface area contributed by atoms with Gasteiger partial charge in [0.05, 0.1) is 5.41 Å². The molecule has 0 unspecified atom stereocenters. The fourth-order valence-corrected chi connectivity index (χ4v) is 12.4. The molecule has 0 atom stereocenters. The molecule has 330 valence electrons. The van der Waals surface area contributed by atoms with Crippen LogP contribution in [0.15, 0.2) is 192 Å². The predicted octanol–water partition coefficient (Wildman–Crippen LogP) is 18.0. The number of para-hydroxylation sites is 1. The molecule has 13 rings (SSSR count). The Kier molecular flexibility index (Phi) is 8.44. The zero-order valence-electron chi connectivity index (χ0n) is 40.3. The first kappa shape index (κ1) is 40.8. The first-order valence-corrected chi connectivity index (χ1v) is 24.3. The summed E-state index contributed by atoms with van der Waals surface area (Å²) in [6.07, 6.45) is 0. The summed E-state index contributed by atoms with van der Waals surface area (Å²) in [7, 11) is 0. The van der Waals surface area contributed by atoms with Gasteiger partial charge in [-0.2, -0.15) is 0 Å². The average molecular weight is 878 g/mol. The van der Waals surface area contributed by atoms with Crippen LogP contribution < -0.4 is 4.90 Å². The van der Waals surface area contributed by atoms with Crippen molar-refractivity contribution in [1.82, 2.24) is 0 Å². The molecule has 0 fully saturated rings. The van der Waals surface area contributed by atoms with Gasteiger partial charge in [0, 0.05) is 39.3 Å². The van der Waals surface area contributed by atoms with Crippen molar-refractivity contribution in [1.29, 1.82) is 0 Å². The van der Waals surface area contributed by atoms with Crippen molar-refractivity contribution in [2.75, 3.05) is 4.90 Å². The van der Waals surface area contributed by atoms with Gasteiger partial charge in [-0.3, -0.25) is 0 Å². The second-order valence-corrected chi connectivity index (χ2v) is 22.1. The third-order valence-corrected chi connectivity index (χ3v) is 15.8. The molecule has 10 aromatic rings. The minimum atomic E-state index is -0.522. The lowest BCUT2D eigenvalue weighted by Crippen LogP contribution is -2.27. The van der Waals surface area contributed by atoms with Crippen LogP contribution in [0.1, 0.15) is 99.9 Å². The Morgan fingerprint density at radius 3 is 1.53 bits per heavy atom. The molecule has 0 saturated carbocycles. The van der Waals surface area contributed by atoms with Crippen LogP contribution in [0.5, 0.6) is 0 Å². The molecule has 0 aliphatic heterocycles. The number of fused-ring (bicyclic) bond motifs is 16. The van der Waals surface area contributed by atoms with Crippen molar-refractivity contribution in [2.24, 2.45) is 0 Å². The Morgan fingerprint density at radius 2 is 0.853 bits per heavy atom. The van der Waals surface area contributed by atoms with Crippen LogP contribution in [0, 0.1) is 0 Å². The lowest BCUT2D eigenvalue weighted by Gasteiger charge is -2.34. The van der Waals surface area contributed by atoms with Crippen molar-refractivity contribution in [3.8, 4) is 44.5 Å². The maximum absolute atomic E-state index is 6.60. The summed E-state index contributed by atoms with van der Waals surface area (Å²) in [4.78, 5) is 2.44. The highest BCUT2D eigenvalue weighted by molar-refractivity contribution is 6.06. The smallest absolute Gasteiger partial charge is 0.137 e. The van der Waals surface area contributed by atoms with E-state index in [1.165, 1.54) is 89.0 Å². The van der Waals surface area contributed by atoms with Crippen LogP contribution in [0.25, 0.3) is 66.4 Å². The van der Waals surface area contributed by atoms with Gasteiger partial charge >= 0.3 is 0 Å². The van der Waals surface area contributed by atoms with Crippen LogP contribution in [-0.2, 0) is 21.7 Å². The van der Waals surface area contributed by atoms with Crippen molar-refractivity contribution in [3.05, 3.63) is 233 Å². The van der Waals surface area contributed by atoms with E-state index in [9.17, 15) is 0 Å². The lowest BCUT2D eigenvalue weighted by atomic mass is 9.68. The monoisotopic (exact) mass is 877 g/mol. The molecular formula is C66H55NO. The number of anilines is 3. The minimum Gasteiger partial charge on any atom is -0.456 e. The van der Waals surface area contributed by atoms with Crippen molar-refractivity contribution in [3.63, 3.8) is 0 Å². The maximum Gasteiger partial charge on any atom is 0.137 e. The minimum absolute atomic E-state index is 0.0256. The van der Waals surface area contributed by atoms with Gasteiger partial charge in [0.15, 0.2) is 0 Å². The summed E-state index contributed by atoms with van der Waals surface area (Å²) in [6.45, 7) is 18.8. The molecule has 68 heavy (non-hydrogen) atoms. The van der Waals surface area contributed by atoms with E-state index in [4.69, 9.17) is 4.42 Å². The van der Waals surface area contributed by atoms with Crippen LogP contribution in [0.4, 0.5) is 17.1 Å². The first-order chi connectivity index (χ1) is 32.7.